The zero-order valence-corrected chi connectivity index (χ0v) is 17.1. The van der Waals surface area contributed by atoms with Crippen molar-refractivity contribution in [2.24, 2.45) is 0 Å². The van der Waals surface area contributed by atoms with Gasteiger partial charge in [0.15, 0.2) is 0 Å². The van der Waals surface area contributed by atoms with Crippen LogP contribution in [0.25, 0.3) is 0 Å². The van der Waals surface area contributed by atoms with Crippen LogP contribution in [0.1, 0.15) is 5.56 Å². The van der Waals surface area contributed by atoms with Crippen molar-refractivity contribution in [2.45, 2.75) is 11.4 Å². The Labute approximate surface area is 175 Å². The lowest BCUT2D eigenvalue weighted by atomic mass is 10.2. The van der Waals surface area contributed by atoms with Gasteiger partial charge in [-0.25, -0.2) is 12.8 Å². The Balaban J connectivity index is 1.88. The van der Waals surface area contributed by atoms with Crippen LogP contribution in [0.5, 0.6) is 5.75 Å². The van der Waals surface area contributed by atoms with Crippen LogP contribution >= 0.6 is 0 Å². The second kappa shape index (κ2) is 9.41. The van der Waals surface area contributed by atoms with Crippen LogP contribution in [0, 0.1) is 5.82 Å². The summed E-state index contributed by atoms with van der Waals surface area (Å²) < 4.78 is 46.7. The van der Waals surface area contributed by atoms with Gasteiger partial charge in [-0.05, 0) is 42.0 Å². The first-order valence-electron chi connectivity index (χ1n) is 9.14. The summed E-state index contributed by atoms with van der Waals surface area (Å²) in [5.41, 5.74) is 0.657. The van der Waals surface area contributed by atoms with E-state index < -0.39 is 28.3 Å². The predicted molar refractivity (Wildman–Crippen MR) is 112 cm³/mol. The monoisotopic (exact) mass is 428 g/mol. The van der Waals surface area contributed by atoms with Crippen LogP contribution in [-0.2, 0) is 21.4 Å². The molecule has 0 saturated carbocycles. The van der Waals surface area contributed by atoms with Crippen LogP contribution < -0.4 is 14.4 Å². The number of carbonyl (C=O) groups is 1. The van der Waals surface area contributed by atoms with Gasteiger partial charge in [-0.15, -0.1) is 0 Å². The third-order valence-electron chi connectivity index (χ3n) is 4.39. The number of ether oxygens (including phenoxy) is 1. The van der Waals surface area contributed by atoms with Gasteiger partial charge in [0.1, 0.15) is 18.1 Å². The highest BCUT2D eigenvalue weighted by Gasteiger charge is 2.29. The molecule has 3 aromatic rings. The summed E-state index contributed by atoms with van der Waals surface area (Å²) in [5, 5.41) is 2.67. The van der Waals surface area contributed by atoms with Gasteiger partial charge >= 0.3 is 0 Å². The van der Waals surface area contributed by atoms with E-state index in [2.05, 4.69) is 5.32 Å². The van der Waals surface area contributed by atoms with E-state index in [0.29, 0.717) is 5.75 Å². The largest absolute Gasteiger partial charge is 0.497 e. The number of amides is 1. The van der Waals surface area contributed by atoms with E-state index in [1.54, 1.807) is 0 Å². The molecular weight excluding hydrogens is 407 g/mol. The van der Waals surface area contributed by atoms with E-state index in [1.807, 2.05) is 30.3 Å². The zero-order valence-electron chi connectivity index (χ0n) is 16.3. The fraction of sp³-hybridized carbons (Fsp3) is 0.136. The number of methoxy groups -OCH3 is 1. The summed E-state index contributed by atoms with van der Waals surface area (Å²) in [6, 6.07) is 20.3. The number of nitrogens with zero attached hydrogens (tertiary/aromatic N) is 1. The summed E-state index contributed by atoms with van der Waals surface area (Å²) in [7, 11) is -2.74. The van der Waals surface area contributed by atoms with Crippen molar-refractivity contribution in [1.82, 2.24) is 5.32 Å². The summed E-state index contributed by atoms with van der Waals surface area (Å²) in [5.74, 6) is -0.823. The van der Waals surface area contributed by atoms with Crippen LogP contribution in [0.4, 0.5) is 10.1 Å². The Morgan fingerprint density at radius 2 is 1.60 bits per heavy atom. The molecule has 156 valence electrons. The quantitative estimate of drug-likeness (QED) is 0.597. The molecule has 1 N–H and O–H groups in total. The van der Waals surface area contributed by atoms with Crippen LogP contribution in [0.3, 0.4) is 0 Å². The number of nitrogens with one attached hydrogen (secondary N) is 1. The van der Waals surface area contributed by atoms with E-state index in [9.17, 15) is 17.6 Å². The standard InChI is InChI=1S/C22H21FN2O4S/c1-29-18-11-13-19(14-12-18)30(27,28)25(21-10-6-5-9-20(21)23)16-22(26)24-15-17-7-3-2-4-8-17/h2-14H,15-16H2,1H3,(H,24,26). The minimum atomic E-state index is -4.20. The second-order valence-corrected chi connectivity index (χ2v) is 8.26. The number of hydrogen-bond acceptors (Lipinski definition) is 4. The average molecular weight is 428 g/mol. The first kappa shape index (κ1) is 21.3. The topological polar surface area (TPSA) is 75.7 Å². The van der Waals surface area contributed by atoms with Gasteiger partial charge in [-0.1, -0.05) is 42.5 Å². The van der Waals surface area contributed by atoms with Gasteiger partial charge in [0, 0.05) is 6.54 Å². The maximum Gasteiger partial charge on any atom is 0.264 e. The van der Waals surface area contributed by atoms with E-state index in [-0.39, 0.29) is 17.1 Å². The van der Waals surface area contributed by atoms with E-state index in [0.717, 1.165) is 15.9 Å². The van der Waals surface area contributed by atoms with Crippen molar-refractivity contribution in [3.05, 3.63) is 90.2 Å². The highest BCUT2D eigenvalue weighted by molar-refractivity contribution is 7.92. The van der Waals surface area contributed by atoms with Crippen LogP contribution in [0.15, 0.2) is 83.8 Å². The number of benzene rings is 3. The molecule has 0 spiro atoms. The number of rotatable bonds is 8. The molecule has 0 radical (unpaired) electrons. The molecule has 6 nitrogen and oxygen atoms in total. The van der Waals surface area contributed by atoms with Crippen molar-refractivity contribution in [1.29, 1.82) is 0 Å². The molecule has 1 amide bonds. The van der Waals surface area contributed by atoms with Crippen LogP contribution in [-0.4, -0.2) is 28.0 Å². The first-order chi connectivity index (χ1) is 14.4. The normalized spacial score (nSPS) is 11.0. The average Bonchev–Trinajstić information content (AvgIpc) is 2.77. The molecule has 30 heavy (non-hydrogen) atoms. The number of para-hydroxylation sites is 1. The Kier molecular flexibility index (Phi) is 6.68. The Bertz CT molecular complexity index is 1100. The number of sulfonamides is 1. The van der Waals surface area contributed by atoms with Gasteiger partial charge in [-0.3, -0.25) is 9.10 Å². The first-order valence-corrected chi connectivity index (χ1v) is 10.6. The fourth-order valence-corrected chi connectivity index (χ4v) is 4.24. The minimum absolute atomic E-state index is 0.0811. The highest BCUT2D eigenvalue weighted by atomic mass is 32.2. The lowest BCUT2D eigenvalue weighted by Gasteiger charge is -2.24. The molecule has 0 aromatic heterocycles. The highest BCUT2D eigenvalue weighted by Crippen LogP contribution is 2.27. The van der Waals surface area contributed by atoms with Crippen molar-refractivity contribution in [3.63, 3.8) is 0 Å². The van der Waals surface area contributed by atoms with Gasteiger partial charge in [0.05, 0.1) is 17.7 Å². The Hall–Kier alpha value is -3.39. The smallest absolute Gasteiger partial charge is 0.264 e. The predicted octanol–water partition coefficient (Wildman–Crippen LogP) is 3.35. The van der Waals surface area contributed by atoms with Gasteiger partial charge in [0.2, 0.25) is 5.91 Å². The lowest BCUT2D eigenvalue weighted by molar-refractivity contribution is -0.119. The van der Waals surface area contributed by atoms with Crippen molar-refractivity contribution < 1.29 is 22.3 Å². The molecule has 0 heterocycles. The molecule has 0 fully saturated rings. The number of carbonyl (C=O) groups excluding carboxylic acids is 1. The van der Waals surface area contributed by atoms with Gasteiger partial charge in [0.25, 0.3) is 10.0 Å². The zero-order chi connectivity index (χ0) is 21.6. The van der Waals surface area contributed by atoms with Gasteiger partial charge in [-0.2, -0.15) is 0 Å². The Morgan fingerprint density at radius 3 is 2.23 bits per heavy atom. The molecule has 0 saturated heterocycles. The Morgan fingerprint density at radius 1 is 0.967 bits per heavy atom. The number of anilines is 1. The minimum Gasteiger partial charge on any atom is -0.497 e. The van der Waals surface area contributed by atoms with Crippen LogP contribution in [0.2, 0.25) is 0 Å². The van der Waals surface area contributed by atoms with E-state index >= 15 is 0 Å². The molecule has 0 aliphatic carbocycles. The molecule has 0 aliphatic heterocycles. The second-order valence-electron chi connectivity index (χ2n) is 6.40. The van der Waals surface area contributed by atoms with Crippen molar-refractivity contribution >= 4 is 21.6 Å². The van der Waals surface area contributed by atoms with E-state index in [4.69, 9.17) is 4.74 Å². The van der Waals surface area contributed by atoms with Gasteiger partial charge < -0.3 is 10.1 Å². The maximum absolute atomic E-state index is 14.4. The molecule has 0 unspecified atom stereocenters. The molecule has 0 bridgehead atoms. The maximum atomic E-state index is 14.4. The van der Waals surface area contributed by atoms with Crippen molar-refractivity contribution in [2.75, 3.05) is 18.0 Å². The molecule has 0 aliphatic rings. The third kappa shape index (κ3) is 4.96. The van der Waals surface area contributed by atoms with Crippen molar-refractivity contribution in [3.8, 4) is 5.75 Å². The lowest BCUT2D eigenvalue weighted by Crippen LogP contribution is -2.41. The fourth-order valence-electron chi connectivity index (χ4n) is 2.81. The summed E-state index contributed by atoms with van der Waals surface area (Å²) in [4.78, 5) is 12.4. The SMILES string of the molecule is COc1ccc(S(=O)(=O)N(CC(=O)NCc2ccccc2)c2ccccc2F)cc1. The summed E-state index contributed by atoms with van der Waals surface area (Å²) >= 11 is 0. The van der Waals surface area contributed by atoms with E-state index in [1.165, 1.54) is 49.6 Å². The summed E-state index contributed by atoms with van der Waals surface area (Å²) in [6.45, 7) is -0.338. The number of halogens is 1. The molecule has 8 heteroatoms. The number of hydrogen-bond donors (Lipinski definition) is 1. The molecular formula is C22H21FN2O4S. The molecule has 0 atom stereocenters. The third-order valence-corrected chi connectivity index (χ3v) is 6.16. The summed E-state index contributed by atoms with van der Waals surface area (Å²) in [6.07, 6.45) is 0. The molecule has 3 aromatic carbocycles. The molecule has 3 rings (SSSR count).